The molecule has 2 aromatic heterocycles. The van der Waals surface area contributed by atoms with E-state index >= 15 is 0 Å². The van der Waals surface area contributed by atoms with Crippen molar-refractivity contribution in [3.63, 3.8) is 0 Å². The molecule has 2 fully saturated rings. The van der Waals surface area contributed by atoms with Crippen LogP contribution >= 0.6 is 0 Å². The van der Waals surface area contributed by atoms with Gasteiger partial charge in [-0.15, -0.1) is 0 Å². The molecule has 0 radical (unpaired) electrons. The van der Waals surface area contributed by atoms with Crippen molar-refractivity contribution < 1.29 is 8.78 Å². The first-order valence-electron chi connectivity index (χ1n) is 10.7. The van der Waals surface area contributed by atoms with Crippen LogP contribution in [0.25, 0.3) is 21.8 Å². The maximum absolute atomic E-state index is 13.6. The second kappa shape index (κ2) is 7.09. The number of alkyl halides is 2. The zero-order valence-electron chi connectivity index (χ0n) is 17.6. The third-order valence-electron chi connectivity index (χ3n) is 6.66. The van der Waals surface area contributed by atoms with Crippen LogP contribution in [0, 0.1) is 5.41 Å². The Balaban J connectivity index is 1.36. The van der Waals surface area contributed by atoms with Crippen LogP contribution in [0.1, 0.15) is 18.4 Å². The summed E-state index contributed by atoms with van der Waals surface area (Å²) in [6.07, 6.45) is 2.01. The molecule has 2 saturated heterocycles. The van der Waals surface area contributed by atoms with E-state index in [0.717, 1.165) is 54.9 Å². The third-order valence-corrected chi connectivity index (χ3v) is 6.66. The van der Waals surface area contributed by atoms with E-state index in [-0.39, 0.29) is 11.0 Å². The van der Waals surface area contributed by atoms with Crippen molar-refractivity contribution in [1.29, 1.82) is 0 Å². The van der Waals surface area contributed by atoms with E-state index in [1.807, 2.05) is 36.1 Å². The lowest BCUT2D eigenvalue weighted by atomic mass is 9.78. The number of aromatic nitrogens is 4. The molecule has 7 nitrogen and oxygen atoms in total. The van der Waals surface area contributed by atoms with Gasteiger partial charge in [0.15, 0.2) is 0 Å². The van der Waals surface area contributed by atoms with E-state index in [1.54, 1.807) is 12.3 Å². The molecule has 4 heterocycles. The fourth-order valence-electron chi connectivity index (χ4n) is 4.95. The van der Waals surface area contributed by atoms with Gasteiger partial charge in [-0.25, -0.2) is 18.7 Å². The molecule has 4 aromatic rings. The Morgan fingerprint density at radius 3 is 2.78 bits per heavy atom. The monoisotopic (exact) mass is 435 g/mol. The molecular weight excluding hydrogens is 412 g/mol. The molecule has 2 aliphatic heterocycles. The van der Waals surface area contributed by atoms with Gasteiger partial charge >= 0.3 is 0 Å². The molecule has 0 bridgehead atoms. The quantitative estimate of drug-likeness (QED) is 0.505. The van der Waals surface area contributed by atoms with Crippen LogP contribution < -0.4 is 15.5 Å². The number of nitrogens with zero attached hydrogens (tertiary/aromatic N) is 5. The van der Waals surface area contributed by atoms with E-state index in [1.165, 1.54) is 6.07 Å². The smallest absolute Gasteiger partial charge is 0.263 e. The summed E-state index contributed by atoms with van der Waals surface area (Å²) in [5, 5.41) is 12.6. The lowest BCUT2D eigenvalue weighted by Crippen LogP contribution is -2.57. The van der Waals surface area contributed by atoms with Gasteiger partial charge in [0.1, 0.15) is 0 Å². The van der Waals surface area contributed by atoms with Crippen molar-refractivity contribution >= 4 is 39.1 Å². The van der Waals surface area contributed by atoms with Crippen molar-refractivity contribution in [3.05, 3.63) is 48.3 Å². The van der Waals surface area contributed by atoms with Crippen molar-refractivity contribution in [2.75, 3.05) is 36.4 Å². The van der Waals surface area contributed by atoms with E-state index < -0.39 is 6.43 Å². The lowest BCUT2D eigenvalue weighted by Gasteiger charge is -2.49. The average Bonchev–Trinajstić information content (AvgIpc) is 3.39. The van der Waals surface area contributed by atoms with Crippen molar-refractivity contribution in [2.45, 2.75) is 12.8 Å². The number of anilines is 3. The second-order valence-corrected chi connectivity index (χ2v) is 8.92. The minimum atomic E-state index is -2.54. The Kier molecular flexibility index (Phi) is 4.29. The molecule has 9 heteroatoms. The highest BCUT2D eigenvalue weighted by Gasteiger charge is 2.45. The Morgan fingerprint density at radius 2 is 2.00 bits per heavy atom. The normalized spacial score (nSPS) is 17.6. The summed E-state index contributed by atoms with van der Waals surface area (Å²) in [7, 11) is 1.90. The molecule has 0 saturated carbocycles. The van der Waals surface area contributed by atoms with Crippen molar-refractivity contribution in [1.82, 2.24) is 25.1 Å². The number of benzene rings is 2. The van der Waals surface area contributed by atoms with Crippen LogP contribution in [0.5, 0.6) is 0 Å². The van der Waals surface area contributed by atoms with Gasteiger partial charge in [0, 0.05) is 60.3 Å². The number of hydrogen-bond acceptors (Lipinski definition) is 6. The molecule has 0 amide bonds. The minimum Gasteiger partial charge on any atom is -0.368 e. The number of halogens is 2. The molecule has 32 heavy (non-hydrogen) atoms. The van der Waals surface area contributed by atoms with Crippen LogP contribution in [0.2, 0.25) is 0 Å². The SMILES string of the molecule is Cn1ncc2cc(Nc3ncc4cc(C(F)F)cc(N5CC6(CCNC6)C5)c4n3)ccc21. The zero-order chi connectivity index (χ0) is 21.9. The van der Waals surface area contributed by atoms with Crippen molar-refractivity contribution in [2.24, 2.45) is 12.5 Å². The predicted octanol–water partition coefficient (Wildman–Crippen LogP) is 4.00. The Bertz CT molecular complexity index is 1320. The first-order valence-corrected chi connectivity index (χ1v) is 10.7. The summed E-state index contributed by atoms with van der Waals surface area (Å²) in [6.45, 7) is 3.70. The topological polar surface area (TPSA) is 70.9 Å². The first-order chi connectivity index (χ1) is 15.5. The molecule has 6 rings (SSSR count). The molecule has 0 aliphatic carbocycles. The fraction of sp³-hybridized carbons (Fsp3) is 0.348. The number of rotatable bonds is 4. The lowest BCUT2D eigenvalue weighted by molar-refractivity contribution is 0.151. The molecule has 0 unspecified atom stereocenters. The maximum atomic E-state index is 13.6. The summed E-state index contributed by atoms with van der Waals surface area (Å²) in [5.41, 5.74) is 3.57. The first kappa shape index (κ1) is 19.4. The third kappa shape index (κ3) is 3.15. The molecule has 2 aromatic carbocycles. The molecule has 2 aliphatic rings. The van der Waals surface area contributed by atoms with E-state index in [2.05, 4.69) is 25.6 Å². The summed E-state index contributed by atoms with van der Waals surface area (Å²) in [5.74, 6) is 0.435. The van der Waals surface area contributed by atoms with Crippen molar-refractivity contribution in [3.8, 4) is 0 Å². The summed E-state index contributed by atoms with van der Waals surface area (Å²) in [4.78, 5) is 11.3. The van der Waals surface area contributed by atoms with Crippen LogP contribution in [-0.4, -0.2) is 45.9 Å². The molecule has 0 atom stereocenters. The second-order valence-electron chi connectivity index (χ2n) is 8.92. The Labute approximate surface area is 183 Å². The van der Waals surface area contributed by atoms with Gasteiger partial charge in [-0.1, -0.05) is 0 Å². The van der Waals surface area contributed by atoms with E-state index in [9.17, 15) is 8.78 Å². The number of hydrogen-bond donors (Lipinski definition) is 2. The predicted molar refractivity (Wildman–Crippen MR) is 121 cm³/mol. The highest BCUT2D eigenvalue weighted by atomic mass is 19.3. The minimum absolute atomic E-state index is 0.00401. The average molecular weight is 435 g/mol. The number of nitrogens with one attached hydrogen (secondary N) is 2. The van der Waals surface area contributed by atoms with Gasteiger partial charge in [-0.3, -0.25) is 4.68 Å². The van der Waals surface area contributed by atoms with Gasteiger partial charge in [-0.05, 0) is 43.3 Å². The zero-order valence-corrected chi connectivity index (χ0v) is 17.6. The summed E-state index contributed by atoms with van der Waals surface area (Å²) >= 11 is 0. The highest BCUT2D eigenvalue weighted by molar-refractivity contribution is 5.93. The molecule has 2 N–H and O–H groups in total. The van der Waals surface area contributed by atoms with Crippen LogP contribution in [0.15, 0.2) is 42.7 Å². The van der Waals surface area contributed by atoms with Crippen LogP contribution in [-0.2, 0) is 7.05 Å². The van der Waals surface area contributed by atoms with Gasteiger partial charge in [0.2, 0.25) is 5.95 Å². The van der Waals surface area contributed by atoms with Gasteiger partial charge < -0.3 is 15.5 Å². The van der Waals surface area contributed by atoms with Crippen LogP contribution in [0.4, 0.5) is 26.1 Å². The van der Waals surface area contributed by atoms with E-state index in [0.29, 0.717) is 16.9 Å². The van der Waals surface area contributed by atoms with E-state index in [4.69, 9.17) is 4.98 Å². The molecular formula is C23H23F2N7. The Hall–Kier alpha value is -3.33. The van der Waals surface area contributed by atoms with Gasteiger partial charge in [-0.2, -0.15) is 5.10 Å². The number of fused-ring (bicyclic) bond motifs is 2. The molecule has 1 spiro atoms. The molecule has 164 valence electrons. The maximum Gasteiger partial charge on any atom is 0.263 e. The van der Waals surface area contributed by atoms with Gasteiger partial charge in [0.25, 0.3) is 6.43 Å². The highest BCUT2D eigenvalue weighted by Crippen LogP contribution is 2.42. The Morgan fingerprint density at radius 1 is 1.12 bits per heavy atom. The number of aryl methyl sites for hydroxylation is 1. The summed E-state index contributed by atoms with van der Waals surface area (Å²) < 4.78 is 28.9. The van der Waals surface area contributed by atoms with Crippen LogP contribution in [0.3, 0.4) is 0 Å². The van der Waals surface area contributed by atoms with Gasteiger partial charge in [0.05, 0.1) is 22.9 Å². The fourth-order valence-corrected chi connectivity index (χ4v) is 4.95. The summed E-state index contributed by atoms with van der Waals surface area (Å²) in [6, 6.07) is 9.00. The standard InChI is InChI=1S/C23H23F2N7/c1-31-18-3-2-17(7-15(18)10-28-31)29-22-27-9-16-6-14(21(24)25)8-19(20(16)30-22)32-12-23(13-32)4-5-26-11-23/h2-3,6-10,21,26H,4-5,11-13H2,1H3,(H,27,29,30). The largest absolute Gasteiger partial charge is 0.368 e.